The molecule has 2 aromatic rings. The molecule has 1 heteroatoms. The fourth-order valence-corrected chi connectivity index (χ4v) is 3.37. The zero-order valence-corrected chi connectivity index (χ0v) is 16.4. The highest BCUT2D eigenvalue weighted by molar-refractivity contribution is 5.17. The van der Waals surface area contributed by atoms with Gasteiger partial charge in [0.25, 0.3) is 0 Å². The van der Waals surface area contributed by atoms with Crippen molar-refractivity contribution in [2.45, 2.75) is 65.0 Å². The number of hydrogen-bond acceptors (Lipinski definition) is 1. The third kappa shape index (κ3) is 9.01. The Kier molecular flexibility index (Phi) is 10.5. The summed E-state index contributed by atoms with van der Waals surface area (Å²) in [5.41, 5.74) is 2.82. The van der Waals surface area contributed by atoms with Gasteiger partial charge in [-0.3, -0.25) is 4.90 Å². The first-order chi connectivity index (χ1) is 12.9. The maximum Gasteiger partial charge on any atom is 0.0237 e. The first-order valence-corrected chi connectivity index (χ1v) is 10.3. The number of unbranched alkanes of at least 4 members (excludes halogenated alkanes) is 6. The third-order valence-corrected chi connectivity index (χ3v) is 4.83. The van der Waals surface area contributed by atoms with E-state index >= 15 is 0 Å². The van der Waals surface area contributed by atoms with Gasteiger partial charge in [0.1, 0.15) is 0 Å². The van der Waals surface area contributed by atoms with Crippen LogP contribution in [0.25, 0.3) is 0 Å². The lowest BCUT2D eigenvalue weighted by Gasteiger charge is -2.22. The molecule has 2 rings (SSSR count). The summed E-state index contributed by atoms with van der Waals surface area (Å²) in [4.78, 5) is 2.59. The van der Waals surface area contributed by atoms with E-state index in [0.29, 0.717) is 0 Å². The molecule has 0 amide bonds. The minimum Gasteiger partial charge on any atom is -0.295 e. The molecule has 0 aromatic heterocycles. The van der Waals surface area contributed by atoms with Gasteiger partial charge in [-0.15, -0.1) is 0 Å². The number of nitrogens with zero attached hydrogens (tertiary/aromatic N) is 1. The van der Waals surface area contributed by atoms with Crippen LogP contribution < -0.4 is 0 Å². The Morgan fingerprint density at radius 1 is 0.654 bits per heavy atom. The summed E-state index contributed by atoms with van der Waals surface area (Å²) in [6.45, 7) is 5.37. The van der Waals surface area contributed by atoms with Gasteiger partial charge in [-0.25, -0.2) is 0 Å². The lowest BCUT2D eigenvalue weighted by molar-refractivity contribution is 0.250. The number of hydrogen-bond donors (Lipinski definition) is 0. The van der Waals surface area contributed by atoms with Crippen LogP contribution in [0.2, 0.25) is 0 Å². The molecule has 0 saturated heterocycles. The molecular formula is C25H35N. The molecule has 1 nitrogen and oxygen atoms in total. The molecule has 0 aliphatic rings. The lowest BCUT2D eigenvalue weighted by atomic mass is 10.1. The van der Waals surface area contributed by atoms with Crippen molar-refractivity contribution in [2.75, 3.05) is 6.54 Å². The van der Waals surface area contributed by atoms with Crippen molar-refractivity contribution < 1.29 is 0 Å². The molecule has 0 aliphatic heterocycles. The van der Waals surface area contributed by atoms with Gasteiger partial charge in [0.2, 0.25) is 0 Å². The predicted octanol–water partition coefficient (Wildman–Crippen LogP) is 7.00. The SMILES string of the molecule is C/C=C/CCCCCCCCN(Cc1ccccc1)Cc1ccccc1. The maximum absolute atomic E-state index is 2.59. The predicted molar refractivity (Wildman–Crippen MR) is 114 cm³/mol. The molecule has 140 valence electrons. The van der Waals surface area contributed by atoms with E-state index in [0.717, 1.165) is 13.1 Å². The van der Waals surface area contributed by atoms with Gasteiger partial charge < -0.3 is 0 Å². The highest BCUT2D eigenvalue weighted by atomic mass is 15.1. The second-order valence-corrected chi connectivity index (χ2v) is 7.16. The van der Waals surface area contributed by atoms with Crippen LogP contribution in [-0.4, -0.2) is 11.4 Å². The average molecular weight is 350 g/mol. The van der Waals surface area contributed by atoms with Gasteiger partial charge in [0.05, 0.1) is 0 Å². The zero-order valence-electron chi connectivity index (χ0n) is 16.4. The van der Waals surface area contributed by atoms with Gasteiger partial charge in [-0.2, -0.15) is 0 Å². The van der Waals surface area contributed by atoms with E-state index in [1.807, 2.05) is 0 Å². The normalized spacial score (nSPS) is 11.5. The molecule has 0 aliphatic carbocycles. The minimum atomic E-state index is 1.04. The van der Waals surface area contributed by atoms with E-state index < -0.39 is 0 Å². The van der Waals surface area contributed by atoms with Crippen LogP contribution in [0, 0.1) is 0 Å². The summed E-state index contributed by atoms with van der Waals surface area (Å²) in [6, 6.07) is 21.7. The van der Waals surface area contributed by atoms with Gasteiger partial charge >= 0.3 is 0 Å². The van der Waals surface area contributed by atoms with Crippen LogP contribution in [0.3, 0.4) is 0 Å². The summed E-state index contributed by atoms with van der Waals surface area (Å²) < 4.78 is 0. The van der Waals surface area contributed by atoms with Crippen molar-refractivity contribution in [2.24, 2.45) is 0 Å². The van der Waals surface area contributed by atoms with Gasteiger partial charge in [0.15, 0.2) is 0 Å². The van der Waals surface area contributed by atoms with Gasteiger partial charge in [0, 0.05) is 13.1 Å². The van der Waals surface area contributed by atoms with Crippen LogP contribution in [0.15, 0.2) is 72.8 Å². The zero-order chi connectivity index (χ0) is 18.3. The van der Waals surface area contributed by atoms with Crippen molar-refractivity contribution in [3.8, 4) is 0 Å². The van der Waals surface area contributed by atoms with Crippen LogP contribution in [0.1, 0.15) is 63.0 Å². The second kappa shape index (κ2) is 13.4. The highest BCUT2D eigenvalue weighted by Crippen LogP contribution is 2.13. The Balaban J connectivity index is 1.71. The van der Waals surface area contributed by atoms with Crippen molar-refractivity contribution >= 4 is 0 Å². The molecule has 0 atom stereocenters. The van der Waals surface area contributed by atoms with E-state index in [4.69, 9.17) is 0 Å². The molecule has 0 fully saturated rings. The van der Waals surface area contributed by atoms with E-state index in [-0.39, 0.29) is 0 Å². The highest BCUT2D eigenvalue weighted by Gasteiger charge is 2.07. The average Bonchev–Trinajstić information content (AvgIpc) is 2.68. The first kappa shape index (κ1) is 20.5. The molecule has 0 spiro atoms. The van der Waals surface area contributed by atoms with Crippen LogP contribution in [0.4, 0.5) is 0 Å². The fraction of sp³-hybridized carbons (Fsp3) is 0.440. The monoisotopic (exact) mass is 349 g/mol. The number of rotatable bonds is 13. The molecule has 0 bridgehead atoms. The van der Waals surface area contributed by atoms with Crippen molar-refractivity contribution in [3.05, 3.63) is 83.9 Å². The van der Waals surface area contributed by atoms with E-state index in [9.17, 15) is 0 Å². The van der Waals surface area contributed by atoms with Crippen molar-refractivity contribution in [1.82, 2.24) is 4.90 Å². The molecular weight excluding hydrogens is 314 g/mol. The Morgan fingerprint density at radius 2 is 1.15 bits per heavy atom. The molecule has 2 aromatic carbocycles. The maximum atomic E-state index is 2.59. The van der Waals surface area contributed by atoms with Crippen LogP contribution in [-0.2, 0) is 13.1 Å². The summed E-state index contributed by atoms with van der Waals surface area (Å²) in [6.07, 6.45) is 13.8. The van der Waals surface area contributed by atoms with Gasteiger partial charge in [-0.1, -0.05) is 98.5 Å². The Bertz CT molecular complexity index is 547. The number of allylic oxidation sites excluding steroid dienone is 2. The van der Waals surface area contributed by atoms with E-state index in [1.54, 1.807) is 0 Å². The van der Waals surface area contributed by atoms with Gasteiger partial charge in [-0.05, 0) is 43.9 Å². The van der Waals surface area contributed by atoms with E-state index in [2.05, 4.69) is 84.6 Å². The van der Waals surface area contributed by atoms with Crippen molar-refractivity contribution in [1.29, 1.82) is 0 Å². The Morgan fingerprint density at radius 3 is 1.69 bits per heavy atom. The van der Waals surface area contributed by atoms with Crippen LogP contribution >= 0.6 is 0 Å². The standard InChI is InChI=1S/C25H35N/c1-2-3-4-5-6-7-8-9-16-21-26(22-24-17-12-10-13-18-24)23-25-19-14-11-15-20-25/h2-3,10-15,17-20H,4-9,16,21-23H2,1H3/b3-2+. The molecule has 26 heavy (non-hydrogen) atoms. The summed E-state index contributed by atoms with van der Waals surface area (Å²) in [5.74, 6) is 0. The molecule has 0 heterocycles. The lowest BCUT2D eigenvalue weighted by Crippen LogP contribution is -2.24. The second-order valence-electron chi connectivity index (χ2n) is 7.16. The quantitative estimate of drug-likeness (QED) is 0.278. The summed E-state index contributed by atoms with van der Waals surface area (Å²) in [5, 5.41) is 0. The third-order valence-electron chi connectivity index (χ3n) is 4.83. The minimum absolute atomic E-state index is 1.04. The molecule has 0 radical (unpaired) electrons. The Labute approximate surface area is 160 Å². The van der Waals surface area contributed by atoms with E-state index in [1.165, 1.54) is 62.6 Å². The number of benzene rings is 2. The van der Waals surface area contributed by atoms with Crippen molar-refractivity contribution in [3.63, 3.8) is 0 Å². The Hall–Kier alpha value is -1.86. The molecule has 0 N–H and O–H groups in total. The molecule has 0 saturated carbocycles. The molecule has 0 unspecified atom stereocenters. The fourth-order valence-electron chi connectivity index (χ4n) is 3.37. The van der Waals surface area contributed by atoms with Crippen LogP contribution in [0.5, 0.6) is 0 Å². The summed E-state index contributed by atoms with van der Waals surface area (Å²) >= 11 is 0. The summed E-state index contributed by atoms with van der Waals surface area (Å²) in [7, 11) is 0. The topological polar surface area (TPSA) is 3.24 Å². The largest absolute Gasteiger partial charge is 0.295 e. The first-order valence-electron chi connectivity index (χ1n) is 10.3. The smallest absolute Gasteiger partial charge is 0.0237 e.